The predicted octanol–water partition coefficient (Wildman–Crippen LogP) is 4.24. The third-order valence-electron chi connectivity index (χ3n) is 5.12. The number of rotatable bonds is 7. The Bertz CT molecular complexity index is 1090. The highest BCUT2D eigenvalue weighted by molar-refractivity contribution is 6.25. The number of hydrogen-bond donors (Lipinski definition) is 1. The smallest absolute Gasteiger partial charge is 0.258 e. The first-order chi connectivity index (χ1) is 14.1. The molecule has 3 aromatic rings. The zero-order chi connectivity index (χ0) is 20.4. The summed E-state index contributed by atoms with van der Waals surface area (Å²) in [7, 11) is 3.12. The average Bonchev–Trinajstić information content (AvgIpc) is 3.02. The maximum absolute atomic E-state index is 12.8. The van der Waals surface area contributed by atoms with Crippen molar-refractivity contribution in [3.8, 4) is 11.5 Å². The van der Waals surface area contributed by atoms with Gasteiger partial charge < -0.3 is 19.7 Å². The molecule has 0 bridgehead atoms. The number of anilines is 2. The lowest BCUT2D eigenvalue weighted by molar-refractivity contribution is -0.116. The summed E-state index contributed by atoms with van der Waals surface area (Å²) >= 11 is 0. The largest absolute Gasteiger partial charge is 0.497 e. The van der Waals surface area contributed by atoms with Crippen LogP contribution in [0.2, 0.25) is 0 Å². The number of hydrogen-bond acceptors (Lipinski definition) is 4. The Balaban J connectivity index is 1.40. The van der Waals surface area contributed by atoms with Gasteiger partial charge in [0.15, 0.2) is 0 Å². The molecule has 6 heteroatoms. The molecular weight excluding hydrogens is 368 g/mol. The molecule has 1 aliphatic heterocycles. The van der Waals surface area contributed by atoms with E-state index in [-0.39, 0.29) is 11.8 Å². The van der Waals surface area contributed by atoms with Crippen molar-refractivity contribution >= 4 is 34.0 Å². The van der Waals surface area contributed by atoms with Crippen molar-refractivity contribution < 1.29 is 19.1 Å². The number of benzene rings is 3. The van der Waals surface area contributed by atoms with Gasteiger partial charge in [0.2, 0.25) is 5.91 Å². The Morgan fingerprint density at radius 2 is 1.83 bits per heavy atom. The fourth-order valence-electron chi connectivity index (χ4n) is 3.71. The van der Waals surface area contributed by atoms with E-state index in [0.29, 0.717) is 36.6 Å². The quantitative estimate of drug-likeness (QED) is 0.655. The standard InChI is InChI=1S/C23H22N2O4/c1-28-16-11-12-18(20(14-16)29-2)24-21(26)10-5-13-25-19-9-4-7-15-6-3-8-17(22(15)19)23(25)27/h3-4,6-9,11-12,14H,5,10,13H2,1-2H3,(H,24,26). The lowest BCUT2D eigenvalue weighted by Crippen LogP contribution is -2.28. The summed E-state index contributed by atoms with van der Waals surface area (Å²) in [6.45, 7) is 0.486. The Labute approximate surface area is 169 Å². The van der Waals surface area contributed by atoms with Gasteiger partial charge in [-0.15, -0.1) is 0 Å². The van der Waals surface area contributed by atoms with Crippen molar-refractivity contribution in [2.24, 2.45) is 0 Å². The number of carbonyl (C=O) groups is 2. The molecule has 6 nitrogen and oxygen atoms in total. The Hall–Kier alpha value is -3.54. The minimum atomic E-state index is -0.129. The van der Waals surface area contributed by atoms with Crippen LogP contribution in [-0.4, -0.2) is 32.6 Å². The highest BCUT2D eigenvalue weighted by Crippen LogP contribution is 2.37. The van der Waals surface area contributed by atoms with Crippen LogP contribution in [-0.2, 0) is 4.79 Å². The molecule has 0 aliphatic carbocycles. The molecule has 1 N–H and O–H groups in total. The van der Waals surface area contributed by atoms with Crippen molar-refractivity contribution in [2.45, 2.75) is 12.8 Å². The number of carbonyl (C=O) groups excluding carboxylic acids is 2. The second-order valence-electron chi connectivity index (χ2n) is 6.86. The molecule has 0 unspecified atom stereocenters. The molecule has 0 aromatic heterocycles. The minimum Gasteiger partial charge on any atom is -0.497 e. The molecule has 1 heterocycles. The third kappa shape index (κ3) is 3.49. The lowest BCUT2D eigenvalue weighted by atomic mass is 10.1. The SMILES string of the molecule is COc1ccc(NC(=O)CCCN2C(=O)c3cccc4cccc2c34)c(OC)c1. The second-order valence-corrected chi connectivity index (χ2v) is 6.86. The van der Waals surface area contributed by atoms with Crippen molar-refractivity contribution in [1.29, 1.82) is 0 Å². The zero-order valence-corrected chi connectivity index (χ0v) is 16.4. The average molecular weight is 390 g/mol. The van der Waals surface area contributed by atoms with Crippen LogP contribution in [0.4, 0.5) is 11.4 Å². The van der Waals surface area contributed by atoms with Gasteiger partial charge in [-0.25, -0.2) is 0 Å². The van der Waals surface area contributed by atoms with E-state index in [1.807, 2.05) is 36.4 Å². The molecule has 0 spiro atoms. The van der Waals surface area contributed by atoms with E-state index < -0.39 is 0 Å². The van der Waals surface area contributed by atoms with E-state index >= 15 is 0 Å². The van der Waals surface area contributed by atoms with Crippen molar-refractivity contribution in [2.75, 3.05) is 31.0 Å². The lowest BCUT2D eigenvalue weighted by Gasteiger charge is -2.17. The van der Waals surface area contributed by atoms with Crippen LogP contribution in [0.25, 0.3) is 10.8 Å². The minimum absolute atomic E-state index is 0.00553. The topological polar surface area (TPSA) is 67.9 Å². The monoisotopic (exact) mass is 390 g/mol. The molecule has 0 saturated heterocycles. The van der Waals surface area contributed by atoms with E-state index in [1.54, 1.807) is 37.3 Å². The van der Waals surface area contributed by atoms with Gasteiger partial charge in [-0.05, 0) is 36.1 Å². The molecule has 148 valence electrons. The molecule has 0 fully saturated rings. The summed E-state index contributed by atoms with van der Waals surface area (Å²) in [4.78, 5) is 26.9. The van der Waals surface area contributed by atoms with Crippen LogP contribution in [0.3, 0.4) is 0 Å². The maximum atomic E-state index is 12.8. The molecule has 3 aromatic carbocycles. The van der Waals surface area contributed by atoms with Gasteiger partial charge in [0.1, 0.15) is 11.5 Å². The Morgan fingerprint density at radius 1 is 1.03 bits per heavy atom. The van der Waals surface area contributed by atoms with Gasteiger partial charge in [0.25, 0.3) is 5.91 Å². The van der Waals surface area contributed by atoms with Crippen molar-refractivity contribution in [3.05, 3.63) is 60.2 Å². The van der Waals surface area contributed by atoms with E-state index in [0.717, 1.165) is 22.0 Å². The number of nitrogens with one attached hydrogen (secondary N) is 1. The highest BCUT2D eigenvalue weighted by Gasteiger charge is 2.29. The Morgan fingerprint density at radius 3 is 2.59 bits per heavy atom. The summed E-state index contributed by atoms with van der Waals surface area (Å²) in [5.74, 6) is 1.06. The normalized spacial score (nSPS) is 12.3. The second kappa shape index (κ2) is 7.83. The first kappa shape index (κ1) is 18.8. The van der Waals surface area contributed by atoms with Crippen LogP contribution >= 0.6 is 0 Å². The van der Waals surface area contributed by atoms with Crippen LogP contribution in [0.5, 0.6) is 11.5 Å². The molecule has 2 amide bonds. The summed E-state index contributed by atoms with van der Waals surface area (Å²) < 4.78 is 10.5. The van der Waals surface area contributed by atoms with Gasteiger partial charge in [0.05, 0.1) is 25.6 Å². The van der Waals surface area contributed by atoms with Crippen molar-refractivity contribution in [3.63, 3.8) is 0 Å². The summed E-state index contributed by atoms with van der Waals surface area (Å²) in [6.07, 6.45) is 0.853. The number of amides is 2. The van der Waals surface area contributed by atoms with Crippen LogP contribution in [0.15, 0.2) is 54.6 Å². The summed E-state index contributed by atoms with van der Waals surface area (Å²) in [5, 5.41) is 4.91. The maximum Gasteiger partial charge on any atom is 0.258 e. The van der Waals surface area contributed by atoms with E-state index in [4.69, 9.17) is 9.47 Å². The fourth-order valence-corrected chi connectivity index (χ4v) is 3.71. The van der Waals surface area contributed by atoms with Gasteiger partial charge in [0, 0.05) is 30.0 Å². The molecule has 0 radical (unpaired) electrons. The summed E-state index contributed by atoms with van der Waals surface area (Å²) in [6, 6.07) is 16.9. The van der Waals surface area contributed by atoms with Crippen LogP contribution < -0.4 is 19.7 Å². The first-order valence-electron chi connectivity index (χ1n) is 9.48. The van der Waals surface area contributed by atoms with Crippen LogP contribution in [0.1, 0.15) is 23.2 Å². The predicted molar refractivity (Wildman–Crippen MR) is 113 cm³/mol. The van der Waals surface area contributed by atoms with E-state index in [9.17, 15) is 9.59 Å². The summed E-state index contributed by atoms with van der Waals surface area (Å²) in [5.41, 5.74) is 2.23. The molecule has 0 saturated carbocycles. The molecular formula is C23H22N2O4. The first-order valence-corrected chi connectivity index (χ1v) is 9.48. The molecule has 29 heavy (non-hydrogen) atoms. The number of methoxy groups -OCH3 is 2. The molecule has 0 atom stereocenters. The van der Waals surface area contributed by atoms with E-state index in [1.165, 1.54) is 0 Å². The van der Waals surface area contributed by atoms with Crippen LogP contribution in [0, 0.1) is 0 Å². The van der Waals surface area contributed by atoms with Gasteiger partial charge in [-0.2, -0.15) is 0 Å². The van der Waals surface area contributed by atoms with Gasteiger partial charge in [-0.1, -0.05) is 24.3 Å². The molecule has 1 aliphatic rings. The van der Waals surface area contributed by atoms with E-state index in [2.05, 4.69) is 5.32 Å². The fraction of sp³-hybridized carbons (Fsp3) is 0.217. The number of nitrogens with zero attached hydrogens (tertiary/aromatic N) is 1. The zero-order valence-electron chi connectivity index (χ0n) is 16.4. The number of ether oxygens (including phenoxy) is 2. The highest BCUT2D eigenvalue weighted by atomic mass is 16.5. The van der Waals surface area contributed by atoms with Gasteiger partial charge >= 0.3 is 0 Å². The van der Waals surface area contributed by atoms with Gasteiger partial charge in [-0.3, -0.25) is 9.59 Å². The Kier molecular flexibility index (Phi) is 5.08. The molecule has 4 rings (SSSR count). The van der Waals surface area contributed by atoms with Crippen molar-refractivity contribution in [1.82, 2.24) is 0 Å². The third-order valence-corrected chi connectivity index (χ3v) is 5.12.